The number of hydrogen-bond acceptors (Lipinski definition) is 3. The van der Waals surface area contributed by atoms with Crippen LogP contribution in [-0.4, -0.2) is 15.0 Å². The van der Waals surface area contributed by atoms with Crippen LogP contribution >= 0.6 is 0 Å². The van der Waals surface area contributed by atoms with E-state index in [4.69, 9.17) is 15.0 Å². The Labute approximate surface area is 488 Å². The van der Waals surface area contributed by atoms with Crippen LogP contribution in [0.25, 0.3) is 67.2 Å². The lowest BCUT2D eigenvalue weighted by atomic mass is 9.78. The van der Waals surface area contributed by atoms with E-state index in [1.165, 1.54) is 211 Å². The third-order valence-electron chi connectivity index (χ3n) is 20.4. The second kappa shape index (κ2) is 20.5. The highest BCUT2D eigenvalue weighted by molar-refractivity contribution is 5.86. The van der Waals surface area contributed by atoms with E-state index >= 15 is 0 Å². The number of pyridine rings is 6. The van der Waals surface area contributed by atoms with Crippen molar-refractivity contribution < 1.29 is 13.7 Å². The maximum atomic E-state index is 5.08. The molecular formula is C76H83N6+3. The van der Waals surface area contributed by atoms with E-state index < -0.39 is 0 Å². The van der Waals surface area contributed by atoms with Crippen molar-refractivity contribution in [3.8, 4) is 67.2 Å². The maximum absolute atomic E-state index is 5.08. The van der Waals surface area contributed by atoms with Crippen molar-refractivity contribution in [2.75, 3.05) is 0 Å². The van der Waals surface area contributed by atoms with Crippen LogP contribution in [0.4, 0.5) is 0 Å². The molecule has 6 heterocycles. The van der Waals surface area contributed by atoms with Gasteiger partial charge in [0, 0.05) is 103 Å². The lowest BCUT2D eigenvalue weighted by Gasteiger charge is -2.26. The fourth-order valence-corrected chi connectivity index (χ4v) is 16.0. The number of aryl methyl sites for hydroxylation is 12. The lowest BCUT2D eigenvalue weighted by Crippen LogP contribution is -2.31. The predicted molar refractivity (Wildman–Crippen MR) is 334 cm³/mol. The summed E-state index contributed by atoms with van der Waals surface area (Å²) in [6, 6.07) is 41.7. The standard InChI is InChI=1S/C26H29N2.2C25H27N2/c1-5-19-10-13-28(4)24(15-19)21-16-23-22(14-17(21)2)20-9-8-18(3)27-25(20)26(23)11-6-7-12-26;2*1-16-9-12-27(4)23(13-16)20-15-22-21(14-17(20)2)19-8-7-18(3)26-24(19)25(22)10-5-6-11-25/h8-10,13-16H,5-7,11-12H2,1-4H3;2*7-9,12-15H,5-6,10-11H2,1-4H3/q3*+1. The summed E-state index contributed by atoms with van der Waals surface area (Å²) in [6.45, 7) is 19.7. The van der Waals surface area contributed by atoms with E-state index in [2.05, 4.69) is 225 Å². The summed E-state index contributed by atoms with van der Waals surface area (Å²) >= 11 is 0. The van der Waals surface area contributed by atoms with Crippen molar-refractivity contribution in [1.29, 1.82) is 0 Å². The third-order valence-corrected chi connectivity index (χ3v) is 20.4. The molecule has 0 N–H and O–H groups in total. The van der Waals surface area contributed by atoms with Crippen LogP contribution in [0.5, 0.6) is 0 Å². The normalized spacial score (nSPS) is 16.5. The molecule has 0 radical (unpaired) electrons. The Hall–Kier alpha value is -7.44. The monoisotopic (exact) mass is 1080 g/mol. The van der Waals surface area contributed by atoms with Crippen LogP contribution in [0.1, 0.15) is 168 Å². The van der Waals surface area contributed by atoms with E-state index in [-0.39, 0.29) is 16.2 Å². The van der Waals surface area contributed by atoms with Gasteiger partial charge in [-0.25, -0.2) is 13.7 Å². The Kier molecular flexibility index (Phi) is 13.4. The molecule has 15 rings (SSSR count). The number of rotatable bonds is 4. The first kappa shape index (κ1) is 53.8. The second-order valence-corrected chi connectivity index (χ2v) is 25.8. The van der Waals surface area contributed by atoms with E-state index in [1.807, 2.05) is 0 Å². The first-order valence-corrected chi connectivity index (χ1v) is 30.9. The molecule has 3 saturated carbocycles. The van der Waals surface area contributed by atoms with Gasteiger partial charge in [0.1, 0.15) is 21.1 Å². The molecule has 6 aromatic heterocycles. The quantitative estimate of drug-likeness (QED) is 0.165. The molecule has 6 aliphatic carbocycles. The molecular weight excluding hydrogens is 997 g/mol. The van der Waals surface area contributed by atoms with Crippen LogP contribution in [0.15, 0.2) is 128 Å². The van der Waals surface area contributed by atoms with Gasteiger partial charge in [-0.05, 0) is 203 Å². The Morgan fingerprint density at radius 3 is 0.963 bits per heavy atom. The third kappa shape index (κ3) is 8.62. The van der Waals surface area contributed by atoms with E-state index in [9.17, 15) is 0 Å². The lowest BCUT2D eigenvalue weighted by molar-refractivity contribution is -0.660. The summed E-state index contributed by atoms with van der Waals surface area (Å²) in [5.74, 6) is 0. The molecule has 9 aromatic rings. The van der Waals surface area contributed by atoms with Crippen molar-refractivity contribution in [2.45, 2.75) is 162 Å². The molecule has 0 atom stereocenters. The van der Waals surface area contributed by atoms with E-state index in [0.29, 0.717) is 0 Å². The summed E-state index contributed by atoms with van der Waals surface area (Å²) in [5, 5.41) is 0. The Morgan fingerprint density at radius 1 is 0.341 bits per heavy atom. The summed E-state index contributed by atoms with van der Waals surface area (Å²) in [5.41, 5.74) is 36.7. The molecule has 82 heavy (non-hydrogen) atoms. The van der Waals surface area contributed by atoms with Crippen LogP contribution in [0, 0.1) is 55.4 Å². The van der Waals surface area contributed by atoms with Crippen LogP contribution < -0.4 is 13.7 Å². The molecule has 6 aliphatic rings. The summed E-state index contributed by atoms with van der Waals surface area (Å²) < 4.78 is 6.75. The van der Waals surface area contributed by atoms with E-state index in [0.717, 1.165) is 23.5 Å². The van der Waals surface area contributed by atoms with Crippen LogP contribution in [0.2, 0.25) is 0 Å². The number of fused-ring (bicyclic) bond motifs is 15. The highest BCUT2D eigenvalue weighted by Crippen LogP contribution is 2.60. The van der Waals surface area contributed by atoms with Gasteiger partial charge in [-0.2, -0.15) is 0 Å². The summed E-state index contributed by atoms with van der Waals surface area (Å²) in [4.78, 5) is 15.2. The molecule has 0 bridgehead atoms. The van der Waals surface area contributed by atoms with Crippen molar-refractivity contribution >= 4 is 0 Å². The fourth-order valence-electron chi connectivity index (χ4n) is 16.0. The average Bonchev–Trinajstić information content (AvgIpc) is 2.26. The molecule has 3 aromatic carbocycles. The van der Waals surface area contributed by atoms with E-state index in [1.54, 1.807) is 0 Å². The molecule has 0 saturated heterocycles. The van der Waals surface area contributed by atoms with Gasteiger partial charge in [0.2, 0.25) is 17.1 Å². The van der Waals surface area contributed by atoms with Crippen molar-refractivity contribution in [3.05, 3.63) is 212 Å². The molecule has 3 spiro atoms. The van der Waals surface area contributed by atoms with Crippen LogP contribution in [0.3, 0.4) is 0 Å². The smallest absolute Gasteiger partial charge is 0.212 e. The zero-order valence-electron chi connectivity index (χ0n) is 51.0. The number of aromatic nitrogens is 6. The molecule has 0 amide bonds. The topological polar surface area (TPSA) is 50.3 Å². The zero-order valence-corrected chi connectivity index (χ0v) is 51.0. The first-order valence-electron chi connectivity index (χ1n) is 30.9. The summed E-state index contributed by atoms with van der Waals surface area (Å²) in [7, 11) is 6.45. The highest BCUT2D eigenvalue weighted by Gasteiger charge is 2.50. The summed E-state index contributed by atoms with van der Waals surface area (Å²) in [6.07, 6.45) is 22.8. The molecule has 0 unspecified atom stereocenters. The zero-order chi connectivity index (χ0) is 57.0. The first-order chi connectivity index (χ1) is 39.5. The Balaban J connectivity index is 0.000000115. The molecule has 0 aliphatic heterocycles. The maximum Gasteiger partial charge on any atom is 0.212 e. The minimum atomic E-state index is 0.125. The van der Waals surface area contributed by atoms with Gasteiger partial charge in [-0.3, -0.25) is 15.0 Å². The largest absolute Gasteiger partial charge is 0.257 e. The second-order valence-electron chi connectivity index (χ2n) is 25.8. The number of benzene rings is 3. The Morgan fingerprint density at radius 2 is 0.646 bits per heavy atom. The van der Waals surface area contributed by atoms with Gasteiger partial charge >= 0.3 is 0 Å². The molecule has 3 fully saturated rings. The van der Waals surface area contributed by atoms with Gasteiger partial charge in [0.05, 0.1) is 17.1 Å². The van der Waals surface area contributed by atoms with Crippen molar-refractivity contribution in [1.82, 2.24) is 15.0 Å². The Bertz CT molecular complexity index is 3890. The number of nitrogens with zero attached hydrogens (tertiary/aromatic N) is 6. The van der Waals surface area contributed by atoms with Gasteiger partial charge in [0.25, 0.3) is 0 Å². The average molecular weight is 1080 g/mol. The molecule has 6 heteroatoms. The van der Waals surface area contributed by atoms with Crippen molar-refractivity contribution in [3.63, 3.8) is 0 Å². The van der Waals surface area contributed by atoms with Crippen LogP contribution in [-0.2, 0) is 43.8 Å². The molecule has 6 nitrogen and oxygen atoms in total. The fraction of sp³-hybridized carbons (Fsp3) is 0.368. The van der Waals surface area contributed by atoms with Gasteiger partial charge in [0.15, 0.2) is 18.6 Å². The van der Waals surface area contributed by atoms with Gasteiger partial charge < -0.3 is 0 Å². The molecule has 414 valence electrons. The van der Waals surface area contributed by atoms with Gasteiger partial charge in [-0.15, -0.1) is 0 Å². The van der Waals surface area contributed by atoms with Crippen molar-refractivity contribution in [2.24, 2.45) is 21.1 Å². The SMILES string of the molecule is CCc1cc[n+](C)c(-c2cc3c(cc2C)-c2ccc(C)nc2C32CCCC2)c1.Cc1cc[n+](C)c(-c2cc3c(cc2C)-c2ccc(C)nc2C32CCCC2)c1.Cc1cc[n+](C)c(-c2cc3c(cc2C)-c2ccc(C)nc2C32CCCC2)c1. The number of hydrogen-bond donors (Lipinski definition) is 0. The predicted octanol–water partition coefficient (Wildman–Crippen LogP) is 16.3. The highest BCUT2D eigenvalue weighted by atomic mass is 14.9. The minimum absolute atomic E-state index is 0.125. The minimum Gasteiger partial charge on any atom is -0.257 e. The van der Waals surface area contributed by atoms with Gasteiger partial charge in [-0.1, -0.05) is 81.8 Å².